The molecule has 102 valence electrons. The van der Waals surface area contributed by atoms with Crippen molar-refractivity contribution in [3.63, 3.8) is 0 Å². The molecule has 18 heavy (non-hydrogen) atoms. The lowest BCUT2D eigenvalue weighted by Crippen LogP contribution is -2.37. The lowest BCUT2D eigenvalue weighted by Gasteiger charge is -2.11. The van der Waals surface area contributed by atoms with Gasteiger partial charge in [0.1, 0.15) is 0 Å². The molecule has 3 N–H and O–H groups in total. The standard InChI is InChI=1S/C11H19N5O.HI/c1-16-8-13-5-9(16)6-14-11(12)15-7-10-3-2-4-17-10;/h5,8,10H,2-4,6-7H2,1H3,(H3,12,14,15);1H. The number of hydrogen-bond donors (Lipinski definition) is 2. The van der Waals surface area contributed by atoms with Gasteiger partial charge in [-0.25, -0.2) is 9.98 Å². The summed E-state index contributed by atoms with van der Waals surface area (Å²) in [5, 5.41) is 3.08. The minimum absolute atomic E-state index is 0. The van der Waals surface area contributed by atoms with E-state index in [1.807, 2.05) is 11.6 Å². The Hall–Kier alpha value is -0.830. The molecule has 1 aromatic heterocycles. The number of nitrogens with two attached hydrogens (primary N) is 1. The van der Waals surface area contributed by atoms with Crippen LogP contribution in [0.5, 0.6) is 0 Å². The molecule has 0 bridgehead atoms. The van der Waals surface area contributed by atoms with Crippen LogP contribution in [0.15, 0.2) is 17.5 Å². The maximum Gasteiger partial charge on any atom is 0.189 e. The molecule has 2 heterocycles. The van der Waals surface area contributed by atoms with Gasteiger partial charge in [-0.05, 0) is 12.8 Å². The molecule has 0 radical (unpaired) electrons. The second-order valence-electron chi connectivity index (χ2n) is 4.21. The molecule has 1 saturated heterocycles. The van der Waals surface area contributed by atoms with Crippen molar-refractivity contribution in [3.05, 3.63) is 18.2 Å². The molecule has 1 unspecified atom stereocenters. The van der Waals surface area contributed by atoms with Gasteiger partial charge in [0.25, 0.3) is 0 Å². The Morgan fingerprint density at radius 2 is 2.56 bits per heavy atom. The molecule has 1 atom stereocenters. The fraction of sp³-hybridized carbons (Fsp3) is 0.636. The van der Waals surface area contributed by atoms with E-state index < -0.39 is 0 Å². The van der Waals surface area contributed by atoms with Crippen LogP contribution in [0.25, 0.3) is 0 Å². The highest BCUT2D eigenvalue weighted by atomic mass is 127. The summed E-state index contributed by atoms with van der Waals surface area (Å²) < 4.78 is 7.41. The summed E-state index contributed by atoms with van der Waals surface area (Å²) in [5.74, 6) is 0.460. The number of rotatable bonds is 4. The Morgan fingerprint density at radius 1 is 1.72 bits per heavy atom. The van der Waals surface area contributed by atoms with Crippen LogP contribution in [-0.4, -0.2) is 34.8 Å². The lowest BCUT2D eigenvalue weighted by molar-refractivity contribution is 0.114. The topological polar surface area (TPSA) is 77.5 Å². The summed E-state index contributed by atoms with van der Waals surface area (Å²) in [6.45, 7) is 2.14. The van der Waals surface area contributed by atoms with Crippen LogP contribution in [-0.2, 0) is 18.3 Å². The van der Waals surface area contributed by atoms with Gasteiger partial charge in [0.05, 0.1) is 30.9 Å². The normalized spacial score (nSPS) is 19.6. The quantitative estimate of drug-likeness (QED) is 0.466. The van der Waals surface area contributed by atoms with Crippen molar-refractivity contribution in [1.82, 2.24) is 14.9 Å². The van der Waals surface area contributed by atoms with Gasteiger partial charge in [0, 0.05) is 20.2 Å². The number of aliphatic imine (C=N–C) groups is 1. The number of guanidine groups is 1. The molecular formula is C11H20IN5O. The van der Waals surface area contributed by atoms with E-state index in [9.17, 15) is 0 Å². The summed E-state index contributed by atoms with van der Waals surface area (Å²) in [6, 6.07) is 0. The monoisotopic (exact) mass is 365 g/mol. The van der Waals surface area contributed by atoms with Crippen LogP contribution < -0.4 is 11.1 Å². The second-order valence-corrected chi connectivity index (χ2v) is 4.21. The van der Waals surface area contributed by atoms with Crippen molar-refractivity contribution < 1.29 is 4.74 Å². The first-order chi connectivity index (χ1) is 8.25. The number of ether oxygens (including phenoxy) is 1. The van der Waals surface area contributed by atoms with Crippen LogP contribution in [0.2, 0.25) is 0 Å². The summed E-state index contributed by atoms with van der Waals surface area (Å²) in [4.78, 5) is 8.28. The van der Waals surface area contributed by atoms with Gasteiger partial charge in [0.15, 0.2) is 5.96 Å². The zero-order valence-electron chi connectivity index (χ0n) is 10.5. The fourth-order valence-electron chi connectivity index (χ4n) is 1.78. The first-order valence-electron chi connectivity index (χ1n) is 5.86. The maximum absolute atomic E-state index is 5.77. The Bertz CT molecular complexity index is 387. The van der Waals surface area contributed by atoms with E-state index in [0.29, 0.717) is 12.5 Å². The van der Waals surface area contributed by atoms with Crippen molar-refractivity contribution in [3.8, 4) is 0 Å². The molecule has 2 rings (SSSR count). The zero-order valence-corrected chi connectivity index (χ0v) is 12.8. The molecular weight excluding hydrogens is 345 g/mol. The zero-order chi connectivity index (χ0) is 12.1. The Labute approximate surface area is 124 Å². The highest BCUT2D eigenvalue weighted by molar-refractivity contribution is 14.0. The molecule has 6 nitrogen and oxygen atoms in total. The van der Waals surface area contributed by atoms with Gasteiger partial charge in [-0.15, -0.1) is 24.0 Å². The van der Waals surface area contributed by atoms with Crippen molar-refractivity contribution in [2.75, 3.05) is 13.2 Å². The lowest BCUT2D eigenvalue weighted by atomic mass is 10.2. The molecule has 0 aliphatic carbocycles. The van der Waals surface area contributed by atoms with Gasteiger partial charge in [-0.2, -0.15) is 0 Å². The summed E-state index contributed by atoms with van der Waals surface area (Å²) >= 11 is 0. The van der Waals surface area contributed by atoms with Gasteiger partial charge in [-0.3, -0.25) is 0 Å². The van der Waals surface area contributed by atoms with E-state index >= 15 is 0 Å². The smallest absolute Gasteiger partial charge is 0.189 e. The van der Waals surface area contributed by atoms with Crippen molar-refractivity contribution in [2.24, 2.45) is 17.8 Å². The Balaban J connectivity index is 0.00000162. The Morgan fingerprint density at radius 3 is 3.17 bits per heavy atom. The number of imidazole rings is 1. The van der Waals surface area contributed by atoms with E-state index in [1.165, 1.54) is 0 Å². The van der Waals surface area contributed by atoms with Crippen LogP contribution in [0, 0.1) is 0 Å². The van der Waals surface area contributed by atoms with E-state index in [2.05, 4.69) is 15.3 Å². The van der Waals surface area contributed by atoms with Crippen LogP contribution in [0.4, 0.5) is 0 Å². The first-order valence-corrected chi connectivity index (χ1v) is 5.86. The SMILES string of the molecule is Cn1cncc1CN=C(N)NCC1CCCO1.I. The largest absolute Gasteiger partial charge is 0.376 e. The molecule has 0 amide bonds. The minimum Gasteiger partial charge on any atom is -0.376 e. The fourth-order valence-corrected chi connectivity index (χ4v) is 1.78. The van der Waals surface area contributed by atoms with Crippen LogP contribution >= 0.6 is 24.0 Å². The molecule has 0 aromatic carbocycles. The average Bonchev–Trinajstić information content (AvgIpc) is 2.95. The van der Waals surface area contributed by atoms with Crippen molar-refractivity contribution >= 4 is 29.9 Å². The summed E-state index contributed by atoms with van der Waals surface area (Å²) in [6.07, 6.45) is 6.05. The van der Waals surface area contributed by atoms with E-state index in [0.717, 1.165) is 31.7 Å². The van der Waals surface area contributed by atoms with Gasteiger partial charge < -0.3 is 20.4 Å². The minimum atomic E-state index is 0. The van der Waals surface area contributed by atoms with Gasteiger partial charge in [-0.1, -0.05) is 0 Å². The molecule has 1 fully saturated rings. The number of nitrogens with zero attached hydrogens (tertiary/aromatic N) is 3. The molecule has 1 aromatic rings. The number of hydrogen-bond acceptors (Lipinski definition) is 3. The third-order valence-corrected chi connectivity index (χ3v) is 2.86. The van der Waals surface area contributed by atoms with Crippen molar-refractivity contribution in [1.29, 1.82) is 0 Å². The molecule has 7 heteroatoms. The van der Waals surface area contributed by atoms with E-state index in [-0.39, 0.29) is 30.1 Å². The first kappa shape index (κ1) is 15.2. The van der Waals surface area contributed by atoms with Crippen LogP contribution in [0.3, 0.4) is 0 Å². The third kappa shape index (κ3) is 4.45. The molecule has 1 aliphatic rings. The van der Waals surface area contributed by atoms with Crippen LogP contribution in [0.1, 0.15) is 18.5 Å². The molecule has 0 spiro atoms. The predicted molar refractivity (Wildman–Crippen MR) is 80.9 cm³/mol. The van der Waals surface area contributed by atoms with Crippen molar-refractivity contribution in [2.45, 2.75) is 25.5 Å². The number of halogens is 1. The maximum atomic E-state index is 5.77. The number of aryl methyl sites for hydroxylation is 1. The number of nitrogens with one attached hydrogen (secondary N) is 1. The molecule has 0 saturated carbocycles. The number of aromatic nitrogens is 2. The highest BCUT2D eigenvalue weighted by Gasteiger charge is 2.14. The van der Waals surface area contributed by atoms with Gasteiger partial charge >= 0.3 is 0 Å². The average molecular weight is 365 g/mol. The molecule has 1 aliphatic heterocycles. The van der Waals surface area contributed by atoms with E-state index in [1.54, 1.807) is 12.5 Å². The van der Waals surface area contributed by atoms with Gasteiger partial charge in [0.2, 0.25) is 0 Å². The van der Waals surface area contributed by atoms with E-state index in [4.69, 9.17) is 10.5 Å². The Kier molecular flexibility index (Phi) is 6.41. The predicted octanol–water partition coefficient (Wildman–Crippen LogP) is 0.621. The highest BCUT2D eigenvalue weighted by Crippen LogP contribution is 2.10. The summed E-state index contributed by atoms with van der Waals surface area (Å²) in [5.41, 5.74) is 6.81. The second kappa shape index (κ2) is 7.57. The third-order valence-electron chi connectivity index (χ3n) is 2.86. The summed E-state index contributed by atoms with van der Waals surface area (Å²) in [7, 11) is 1.94.